The van der Waals surface area contributed by atoms with E-state index in [9.17, 15) is 0 Å². The van der Waals surface area contributed by atoms with Crippen molar-refractivity contribution in [1.82, 2.24) is 0 Å². The van der Waals surface area contributed by atoms with Crippen LogP contribution < -0.4 is 5.73 Å². The molecule has 1 heterocycles. The van der Waals surface area contributed by atoms with Crippen molar-refractivity contribution in [1.29, 1.82) is 0 Å². The Morgan fingerprint density at radius 2 is 2.00 bits per heavy atom. The molecule has 96 valence electrons. The Labute approximate surface area is 117 Å². The van der Waals surface area contributed by atoms with Gasteiger partial charge >= 0.3 is 0 Å². The predicted octanol–water partition coefficient (Wildman–Crippen LogP) is 5.18. The van der Waals surface area contributed by atoms with Crippen LogP contribution in [0.15, 0.2) is 10.5 Å². The Kier molecular flexibility index (Phi) is 5.07. The highest BCUT2D eigenvalue weighted by atomic mass is 79.9. The Bertz CT molecular complexity index is 353. The van der Waals surface area contributed by atoms with Crippen molar-refractivity contribution in [2.75, 3.05) is 0 Å². The number of nitrogens with two attached hydrogens (primary N) is 1. The molecule has 1 unspecified atom stereocenters. The van der Waals surface area contributed by atoms with Crippen molar-refractivity contribution in [3.8, 4) is 0 Å². The summed E-state index contributed by atoms with van der Waals surface area (Å²) in [7, 11) is 0. The van der Waals surface area contributed by atoms with Crippen molar-refractivity contribution in [3.05, 3.63) is 20.3 Å². The van der Waals surface area contributed by atoms with Crippen LogP contribution in [0.1, 0.15) is 60.7 Å². The second-order valence-corrected chi connectivity index (χ2v) is 7.41. The third-order valence-corrected chi connectivity index (χ3v) is 5.84. The smallest absolute Gasteiger partial charge is 0.0403 e. The summed E-state index contributed by atoms with van der Waals surface area (Å²) in [5.74, 6) is 0.849. The summed E-state index contributed by atoms with van der Waals surface area (Å²) in [5, 5.41) is 0. The SMILES string of the molecule is Cc1cc(Br)c(C(N)CC2CCCCCC2)s1. The molecule has 2 rings (SSSR count). The lowest BCUT2D eigenvalue weighted by molar-refractivity contribution is 0.394. The van der Waals surface area contributed by atoms with Gasteiger partial charge in [-0.3, -0.25) is 0 Å². The largest absolute Gasteiger partial charge is 0.323 e. The molecule has 17 heavy (non-hydrogen) atoms. The minimum Gasteiger partial charge on any atom is -0.323 e. The first-order valence-electron chi connectivity index (χ1n) is 6.68. The molecule has 0 aliphatic heterocycles. The minimum absolute atomic E-state index is 0.228. The summed E-state index contributed by atoms with van der Waals surface area (Å²) in [4.78, 5) is 2.69. The third-order valence-electron chi connectivity index (χ3n) is 3.74. The van der Waals surface area contributed by atoms with E-state index in [2.05, 4.69) is 28.9 Å². The highest BCUT2D eigenvalue weighted by Crippen LogP contribution is 2.36. The molecule has 1 fully saturated rings. The van der Waals surface area contributed by atoms with Gasteiger partial charge in [-0.1, -0.05) is 38.5 Å². The second-order valence-electron chi connectivity index (χ2n) is 5.27. The average Bonchev–Trinajstić information content (AvgIpc) is 2.51. The summed E-state index contributed by atoms with van der Waals surface area (Å²) < 4.78 is 1.21. The van der Waals surface area contributed by atoms with Crippen LogP contribution in [-0.4, -0.2) is 0 Å². The van der Waals surface area contributed by atoms with Gasteiger partial charge in [0, 0.05) is 20.3 Å². The lowest BCUT2D eigenvalue weighted by Gasteiger charge is -2.18. The lowest BCUT2D eigenvalue weighted by Crippen LogP contribution is -2.14. The van der Waals surface area contributed by atoms with E-state index in [1.54, 1.807) is 0 Å². The Morgan fingerprint density at radius 1 is 1.35 bits per heavy atom. The topological polar surface area (TPSA) is 26.0 Å². The molecule has 1 aromatic rings. The number of thiophene rings is 1. The zero-order valence-corrected chi connectivity index (χ0v) is 12.9. The number of rotatable bonds is 3. The summed E-state index contributed by atoms with van der Waals surface area (Å²) in [6.45, 7) is 2.15. The molecule has 1 aromatic heterocycles. The summed E-state index contributed by atoms with van der Waals surface area (Å²) in [6, 6.07) is 2.42. The van der Waals surface area contributed by atoms with Gasteiger partial charge < -0.3 is 5.73 Å². The molecule has 1 saturated carbocycles. The van der Waals surface area contributed by atoms with Crippen LogP contribution >= 0.6 is 27.3 Å². The highest BCUT2D eigenvalue weighted by Gasteiger charge is 2.19. The number of aryl methyl sites for hydroxylation is 1. The van der Waals surface area contributed by atoms with Crippen LogP contribution in [-0.2, 0) is 0 Å². The molecule has 1 atom stereocenters. The first kappa shape index (κ1) is 13.6. The fourth-order valence-corrected chi connectivity index (χ4v) is 4.78. The van der Waals surface area contributed by atoms with Gasteiger partial charge in [0.2, 0.25) is 0 Å². The third kappa shape index (κ3) is 3.80. The van der Waals surface area contributed by atoms with Crippen molar-refractivity contribution in [3.63, 3.8) is 0 Å². The number of hydrogen-bond acceptors (Lipinski definition) is 2. The molecule has 0 amide bonds. The van der Waals surface area contributed by atoms with Gasteiger partial charge in [-0.05, 0) is 41.3 Å². The predicted molar refractivity (Wildman–Crippen MR) is 79.5 cm³/mol. The lowest BCUT2D eigenvalue weighted by atomic mass is 9.92. The average molecular weight is 316 g/mol. The summed E-state index contributed by atoms with van der Waals surface area (Å²) in [5.41, 5.74) is 6.37. The maximum Gasteiger partial charge on any atom is 0.0403 e. The van der Waals surface area contributed by atoms with Crippen LogP contribution in [0.3, 0.4) is 0 Å². The van der Waals surface area contributed by atoms with Gasteiger partial charge in [0.15, 0.2) is 0 Å². The second kappa shape index (κ2) is 6.35. The molecule has 1 nitrogen and oxygen atoms in total. The van der Waals surface area contributed by atoms with Crippen molar-refractivity contribution in [2.24, 2.45) is 11.7 Å². The molecule has 1 aliphatic rings. The molecule has 0 radical (unpaired) electrons. The monoisotopic (exact) mass is 315 g/mol. The molecule has 0 saturated heterocycles. The molecular weight excluding hydrogens is 294 g/mol. The summed E-state index contributed by atoms with van der Waals surface area (Å²) >= 11 is 5.47. The van der Waals surface area contributed by atoms with Crippen LogP contribution in [0.25, 0.3) is 0 Å². The van der Waals surface area contributed by atoms with Crippen molar-refractivity contribution in [2.45, 2.75) is 57.9 Å². The van der Waals surface area contributed by atoms with E-state index in [0.717, 1.165) is 5.92 Å². The minimum atomic E-state index is 0.228. The van der Waals surface area contributed by atoms with Gasteiger partial charge in [0.25, 0.3) is 0 Å². The Hall–Kier alpha value is 0.140. The maximum atomic E-state index is 6.37. The number of hydrogen-bond donors (Lipinski definition) is 1. The van der Waals surface area contributed by atoms with E-state index in [0.29, 0.717) is 0 Å². The van der Waals surface area contributed by atoms with Crippen molar-refractivity contribution < 1.29 is 0 Å². The van der Waals surface area contributed by atoms with Gasteiger partial charge in [0.05, 0.1) is 0 Å². The first-order valence-corrected chi connectivity index (χ1v) is 8.29. The summed E-state index contributed by atoms with van der Waals surface area (Å²) in [6.07, 6.45) is 9.59. The molecule has 0 aromatic carbocycles. The zero-order chi connectivity index (χ0) is 12.3. The van der Waals surface area contributed by atoms with Crippen LogP contribution in [0.4, 0.5) is 0 Å². The highest BCUT2D eigenvalue weighted by molar-refractivity contribution is 9.10. The molecule has 0 spiro atoms. The standard InChI is InChI=1S/C14H22BrNS/c1-10-8-12(15)14(17-10)13(16)9-11-6-4-2-3-5-7-11/h8,11,13H,2-7,9,16H2,1H3. The van der Waals surface area contributed by atoms with Gasteiger partial charge in [-0.15, -0.1) is 11.3 Å². The zero-order valence-electron chi connectivity index (χ0n) is 10.5. The molecule has 3 heteroatoms. The van der Waals surface area contributed by atoms with Crippen LogP contribution in [0.2, 0.25) is 0 Å². The van der Waals surface area contributed by atoms with Crippen LogP contribution in [0.5, 0.6) is 0 Å². The van der Waals surface area contributed by atoms with Crippen LogP contribution in [0, 0.1) is 12.8 Å². The molecule has 2 N–H and O–H groups in total. The van der Waals surface area contributed by atoms with Gasteiger partial charge in [0.1, 0.15) is 0 Å². The van der Waals surface area contributed by atoms with Gasteiger partial charge in [-0.2, -0.15) is 0 Å². The van der Waals surface area contributed by atoms with E-state index in [1.807, 2.05) is 11.3 Å². The van der Waals surface area contributed by atoms with Crippen molar-refractivity contribution >= 4 is 27.3 Å². The van der Waals surface area contributed by atoms with E-state index < -0.39 is 0 Å². The van der Waals surface area contributed by atoms with E-state index in [-0.39, 0.29) is 6.04 Å². The number of halogens is 1. The van der Waals surface area contributed by atoms with E-state index >= 15 is 0 Å². The molecule has 1 aliphatic carbocycles. The van der Waals surface area contributed by atoms with E-state index in [1.165, 1.54) is 59.2 Å². The molecule has 0 bridgehead atoms. The maximum absolute atomic E-state index is 6.37. The molecular formula is C14H22BrNS. The Balaban J connectivity index is 1.95. The quantitative estimate of drug-likeness (QED) is 0.764. The fourth-order valence-electron chi connectivity index (χ4n) is 2.82. The normalized spacial score (nSPS) is 20.2. The van der Waals surface area contributed by atoms with Gasteiger partial charge in [-0.25, -0.2) is 0 Å². The fraction of sp³-hybridized carbons (Fsp3) is 0.714. The first-order chi connectivity index (χ1) is 8.16. The van der Waals surface area contributed by atoms with E-state index in [4.69, 9.17) is 5.73 Å². The Morgan fingerprint density at radius 3 is 2.53 bits per heavy atom.